The van der Waals surface area contributed by atoms with Crippen LogP contribution in [0.2, 0.25) is 0 Å². The van der Waals surface area contributed by atoms with E-state index in [-0.39, 0.29) is 11.3 Å². The van der Waals surface area contributed by atoms with E-state index in [9.17, 15) is 4.79 Å². The minimum atomic E-state index is -0.259. The van der Waals surface area contributed by atoms with Crippen molar-refractivity contribution < 1.29 is 4.79 Å². The molecule has 1 aromatic heterocycles. The van der Waals surface area contributed by atoms with Crippen LogP contribution in [0.5, 0.6) is 0 Å². The molecule has 1 fully saturated rings. The van der Waals surface area contributed by atoms with Gasteiger partial charge in [-0.3, -0.25) is 4.79 Å². The lowest BCUT2D eigenvalue weighted by Crippen LogP contribution is -2.48. The third-order valence-electron chi connectivity index (χ3n) is 3.59. The Labute approximate surface area is 108 Å². The fourth-order valence-electron chi connectivity index (χ4n) is 2.65. The Bertz CT molecular complexity index is 380. The summed E-state index contributed by atoms with van der Waals surface area (Å²) in [5.74, 6) is 0.749. The molecule has 1 aromatic rings. The Morgan fingerprint density at radius 3 is 3.06 bits per heavy atom. The molecule has 18 heavy (non-hydrogen) atoms. The predicted molar refractivity (Wildman–Crippen MR) is 72.3 cm³/mol. The number of aromatic nitrogens is 1. The summed E-state index contributed by atoms with van der Waals surface area (Å²) >= 11 is 0. The van der Waals surface area contributed by atoms with E-state index in [2.05, 4.69) is 22.5 Å². The highest BCUT2D eigenvalue weighted by Gasteiger charge is 2.38. The molecule has 1 aliphatic rings. The van der Waals surface area contributed by atoms with E-state index in [4.69, 9.17) is 0 Å². The highest BCUT2D eigenvalue weighted by atomic mass is 16.2. The van der Waals surface area contributed by atoms with Gasteiger partial charge in [0.25, 0.3) is 0 Å². The highest BCUT2D eigenvalue weighted by Crippen LogP contribution is 2.32. The lowest BCUT2D eigenvalue weighted by Gasteiger charge is -2.36. The van der Waals surface area contributed by atoms with Crippen molar-refractivity contribution >= 4 is 11.7 Å². The molecule has 2 rings (SSSR count). The fourth-order valence-corrected chi connectivity index (χ4v) is 2.65. The van der Waals surface area contributed by atoms with Gasteiger partial charge in [0.2, 0.25) is 5.91 Å². The average molecular weight is 247 g/mol. The number of anilines is 1. The van der Waals surface area contributed by atoms with Crippen LogP contribution in [-0.2, 0) is 4.79 Å². The number of hydrogen-bond donors (Lipinski definition) is 2. The number of hydrogen-bond acceptors (Lipinski definition) is 3. The topological polar surface area (TPSA) is 54.0 Å². The largest absolute Gasteiger partial charge is 0.316 e. The number of piperidine rings is 1. The Hall–Kier alpha value is -1.42. The fraction of sp³-hybridized carbons (Fsp3) is 0.571. The van der Waals surface area contributed by atoms with E-state index in [1.165, 1.54) is 0 Å². The molecule has 98 valence electrons. The zero-order valence-electron chi connectivity index (χ0n) is 10.9. The molecule has 2 N–H and O–H groups in total. The van der Waals surface area contributed by atoms with Crippen LogP contribution >= 0.6 is 0 Å². The van der Waals surface area contributed by atoms with Crippen molar-refractivity contribution in [2.24, 2.45) is 5.41 Å². The molecule has 1 saturated heterocycles. The van der Waals surface area contributed by atoms with Crippen LogP contribution in [0.3, 0.4) is 0 Å². The van der Waals surface area contributed by atoms with Crippen molar-refractivity contribution in [2.45, 2.75) is 32.6 Å². The smallest absolute Gasteiger partial charge is 0.233 e. The minimum Gasteiger partial charge on any atom is -0.316 e. The lowest BCUT2D eigenvalue weighted by atomic mass is 9.76. The second-order valence-corrected chi connectivity index (χ2v) is 4.98. The summed E-state index contributed by atoms with van der Waals surface area (Å²) in [6, 6.07) is 5.56. The van der Waals surface area contributed by atoms with Crippen molar-refractivity contribution in [2.75, 3.05) is 18.4 Å². The average Bonchev–Trinajstić information content (AvgIpc) is 2.41. The van der Waals surface area contributed by atoms with Crippen molar-refractivity contribution in [3.8, 4) is 0 Å². The monoisotopic (exact) mass is 247 g/mol. The summed E-state index contributed by atoms with van der Waals surface area (Å²) < 4.78 is 0. The van der Waals surface area contributed by atoms with E-state index >= 15 is 0 Å². The Morgan fingerprint density at radius 2 is 2.44 bits per heavy atom. The maximum Gasteiger partial charge on any atom is 0.233 e. The van der Waals surface area contributed by atoms with Crippen LogP contribution in [0, 0.1) is 5.41 Å². The number of pyridine rings is 1. The second-order valence-electron chi connectivity index (χ2n) is 4.98. The number of nitrogens with one attached hydrogen (secondary N) is 2. The first-order valence-corrected chi connectivity index (χ1v) is 6.70. The van der Waals surface area contributed by atoms with Crippen LogP contribution in [0.15, 0.2) is 24.4 Å². The van der Waals surface area contributed by atoms with Gasteiger partial charge in [-0.25, -0.2) is 4.98 Å². The molecule has 0 spiro atoms. The quantitative estimate of drug-likeness (QED) is 0.857. The zero-order chi connectivity index (χ0) is 12.8. The van der Waals surface area contributed by atoms with E-state index in [0.29, 0.717) is 5.82 Å². The molecule has 0 radical (unpaired) electrons. The van der Waals surface area contributed by atoms with Gasteiger partial charge in [-0.1, -0.05) is 19.4 Å². The van der Waals surface area contributed by atoms with Crippen molar-refractivity contribution in [3.63, 3.8) is 0 Å². The summed E-state index contributed by atoms with van der Waals surface area (Å²) in [6.07, 6.45) is 5.68. The minimum absolute atomic E-state index is 0.107. The molecule has 4 heteroatoms. The Kier molecular flexibility index (Phi) is 4.31. The normalized spacial score (nSPS) is 23.6. The number of carbonyl (C=O) groups excluding carboxylic acids is 1. The molecular weight excluding hydrogens is 226 g/mol. The van der Waals surface area contributed by atoms with Crippen LogP contribution in [-0.4, -0.2) is 24.0 Å². The van der Waals surface area contributed by atoms with Crippen molar-refractivity contribution in [1.82, 2.24) is 10.3 Å². The van der Waals surface area contributed by atoms with Gasteiger partial charge in [-0.15, -0.1) is 0 Å². The molecular formula is C14H21N3O. The van der Waals surface area contributed by atoms with E-state index in [0.717, 1.165) is 38.8 Å². The first-order valence-electron chi connectivity index (χ1n) is 6.70. The number of nitrogens with zero attached hydrogens (tertiary/aromatic N) is 1. The highest BCUT2D eigenvalue weighted by molar-refractivity contribution is 5.94. The molecule has 0 bridgehead atoms. The summed E-state index contributed by atoms with van der Waals surface area (Å²) in [6.45, 7) is 3.92. The van der Waals surface area contributed by atoms with Gasteiger partial charge < -0.3 is 10.6 Å². The molecule has 0 aliphatic carbocycles. The van der Waals surface area contributed by atoms with Crippen molar-refractivity contribution in [3.05, 3.63) is 24.4 Å². The van der Waals surface area contributed by atoms with Crippen LogP contribution in [0.1, 0.15) is 32.6 Å². The standard InChI is InChI=1S/C14H21N3O/c1-2-7-14(8-5-9-15-11-14)13(18)17-12-6-3-4-10-16-12/h3-4,6,10,15H,2,5,7-9,11H2,1H3,(H,16,17,18). The molecule has 1 unspecified atom stereocenters. The summed E-state index contributed by atoms with van der Waals surface area (Å²) in [7, 11) is 0. The van der Waals surface area contributed by atoms with E-state index < -0.39 is 0 Å². The number of amides is 1. The first-order chi connectivity index (χ1) is 8.77. The summed E-state index contributed by atoms with van der Waals surface area (Å²) in [4.78, 5) is 16.6. The third kappa shape index (κ3) is 2.88. The van der Waals surface area contributed by atoms with Crippen LogP contribution in [0.4, 0.5) is 5.82 Å². The van der Waals surface area contributed by atoms with E-state index in [1.54, 1.807) is 6.20 Å². The van der Waals surface area contributed by atoms with Gasteiger partial charge in [0.15, 0.2) is 0 Å². The molecule has 4 nitrogen and oxygen atoms in total. The predicted octanol–water partition coefficient (Wildman–Crippen LogP) is 2.19. The van der Waals surface area contributed by atoms with Gasteiger partial charge in [-0.2, -0.15) is 0 Å². The summed E-state index contributed by atoms with van der Waals surface area (Å²) in [5, 5.41) is 6.29. The van der Waals surface area contributed by atoms with Gasteiger partial charge in [-0.05, 0) is 37.9 Å². The molecule has 0 aromatic carbocycles. The molecule has 1 atom stereocenters. The van der Waals surface area contributed by atoms with Gasteiger partial charge >= 0.3 is 0 Å². The van der Waals surface area contributed by atoms with Crippen LogP contribution < -0.4 is 10.6 Å². The van der Waals surface area contributed by atoms with E-state index in [1.807, 2.05) is 18.2 Å². The molecule has 1 amide bonds. The third-order valence-corrected chi connectivity index (χ3v) is 3.59. The lowest BCUT2D eigenvalue weighted by molar-refractivity contribution is -0.127. The Balaban J connectivity index is 2.08. The SMILES string of the molecule is CCCC1(C(=O)Nc2ccccn2)CCCNC1. The summed E-state index contributed by atoms with van der Waals surface area (Å²) in [5.41, 5.74) is -0.259. The Morgan fingerprint density at radius 1 is 1.56 bits per heavy atom. The van der Waals surface area contributed by atoms with Gasteiger partial charge in [0.05, 0.1) is 5.41 Å². The zero-order valence-corrected chi connectivity index (χ0v) is 10.9. The molecule has 1 aliphatic heterocycles. The number of rotatable bonds is 4. The van der Waals surface area contributed by atoms with Crippen LogP contribution in [0.25, 0.3) is 0 Å². The van der Waals surface area contributed by atoms with Crippen molar-refractivity contribution in [1.29, 1.82) is 0 Å². The molecule has 0 saturated carbocycles. The first kappa shape index (κ1) is 13.0. The number of carbonyl (C=O) groups is 1. The second kappa shape index (κ2) is 5.96. The van der Waals surface area contributed by atoms with Gasteiger partial charge in [0.1, 0.15) is 5.82 Å². The maximum atomic E-state index is 12.5. The maximum absolute atomic E-state index is 12.5. The molecule has 2 heterocycles. The van der Waals surface area contributed by atoms with Gasteiger partial charge in [0, 0.05) is 12.7 Å².